The summed E-state index contributed by atoms with van der Waals surface area (Å²) in [4.78, 5) is 7.93. The van der Waals surface area contributed by atoms with Gasteiger partial charge in [-0.15, -0.1) is 0 Å². The van der Waals surface area contributed by atoms with Gasteiger partial charge in [0, 0.05) is 29.3 Å². The standard InChI is InChI=1S/C16H17N3/c1-11-12-6-2-3-8-15(12)19-16(11)13(10-17)14-7-4-5-9-18-14/h2-9,13,19H,10,17H2,1H3. The fourth-order valence-electron chi connectivity index (χ4n) is 2.62. The average Bonchev–Trinajstić information content (AvgIpc) is 2.79. The predicted molar refractivity (Wildman–Crippen MR) is 78.2 cm³/mol. The number of fused-ring (bicyclic) bond motifs is 1. The number of aryl methyl sites for hydroxylation is 1. The number of rotatable bonds is 3. The molecule has 0 saturated heterocycles. The van der Waals surface area contributed by atoms with E-state index in [0.29, 0.717) is 6.54 Å². The SMILES string of the molecule is Cc1c(C(CN)c2ccccn2)[nH]c2ccccc12. The van der Waals surface area contributed by atoms with E-state index < -0.39 is 0 Å². The van der Waals surface area contributed by atoms with Crippen LogP contribution in [0.2, 0.25) is 0 Å². The Balaban J connectivity index is 2.14. The van der Waals surface area contributed by atoms with Gasteiger partial charge in [-0.25, -0.2) is 0 Å². The molecule has 0 aliphatic heterocycles. The number of hydrogen-bond acceptors (Lipinski definition) is 2. The summed E-state index contributed by atoms with van der Waals surface area (Å²) in [7, 11) is 0. The van der Waals surface area contributed by atoms with Crippen molar-refractivity contribution in [3.05, 3.63) is 65.6 Å². The molecule has 0 bridgehead atoms. The molecule has 96 valence electrons. The van der Waals surface area contributed by atoms with Gasteiger partial charge in [-0.3, -0.25) is 4.98 Å². The molecule has 0 fully saturated rings. The fraction of sp³-hybridized carbons (Fsp3) is 0.188. The lowest BCUT2D eigenvalue weighted by atomic mass is 9.97. The van der Waals surface area contributed by atoms with Crippen molar-refractivity contribution in [2.45, 2.75) is 12.8 Å². The Hall–Kier alpha value is -2.13. The number of nitrogens with two attached hydrogens (primary N) is 1. The molecule has 0 aliphatic carbocycles. The van der Waals surface area contributed by atoms with Crippen molar-refractivity contribution in [2.75, 3.05) is 6.54 Å². The van der Waals surface area contributed by atoms with E-state index in [9.17, 15) is 0 Å². The molecule has 2 heterocycles. The van der Waals surface area contributed by atoms with Gasteiger partial charge < -0.3 is 10.7 Å². The monoisotopic (exact) mass is 251 g/mol. The molecule has 3 nitrogen and oxygen atoms in total. The van der Waals surface area contributed by atoms with Gasteiger partial charge in [0.15, 0.2) is 0 Å². The predicted octanol–water partition coefficient (Wildman–Crippen LogP) is 2.96. The minimum Gasteiger partial charge on any atom is -0.358 e. The van der Waals surface area contributed by atoms with Crippen molar-refractivity contribution < 1.29 is 0 Å². The molecule has 19 heavy (non-hydrogen) atoms. The smallest absolute Gasteiger partial charge is 0.0539 e. The number of aromatic nitrogens is 2. The fourth-order valence-corrected chi connectivity index (χ4v) is 2.62. The van der Waals surface area contributed by atoms with Crippen LogP contribution in [0.5, 0.6) is 0 Å². The second kappa shape index (κ2) is 4.86. The van der Waals surface area contributed by atoms with E-state index in [-0.39, 0.29) is 5.92 Å². The number of nitrogens with zero attached hydrogens (tertiary/aromatic N) is 1. The summed E-state index contributed by atoms with van der Waals surface area (Å²) >= 11 is 0. The molecular weight excluding hydrogens is 234 g/mol. The van der Waals surface area contributed by atoms with Crippen molar-refractivity contribution >= 4 is 10.9 Å². The zero-order chi connectivity index (χ0) is 13.2. The molecule has 3 rings (SSSR count). The van der Waals surface area contributed by atoms with Crippen molar-refractivity contribution in [1.82, 2.24) is 9.97 Å². The van der Waals surface area contributed by atoms with E-state index in [2.05, 4.69) is 35.1 Å². The van der Waals surface area contributed by atoms with Crippen LogP contribution in [-0.2, 0) is 0 Å². The summed E-state index contributed by atoms with van der Waals surface area (Å²) in [5, 5.41) is 1.26. The van der Waals surface area contributed by atoms with Crippen molar-refractivity contribution in [2.24, 2.45) is 5.73 Å². The lowest BCUT2D eigenvalue weighted by molar-refractivity contribution is 0.762. The van der Waals surface area contributed by atoms with Crippen LogP contribution in [-0.4, -0.2) is 16.5 Å². The summed E-state index contributed by atoms with van der Waals surface area (Å²) < 4.78 is 0. The molecule has 3 heteroatoms. The maximum Gasteiger partial charge on any atom is 0.0539 e. The van der Waals surface area contributed by atoms with E-state index in [1.165, 1.54) is 16.6 Å². The number of pyridine rings is 1. The van der Waals surface area contributed by atoms with E-state index in [1.54, 1.807) is 0 Å². The molecule has 0 spiro atoms. The lowest BCUT2D eigenvalue weighted by Crippen LogP contribution is -2.16. The highest BCUT2D eigenvalue weighted by Gasteiger charge is 2.19. The van der Waals surface area contributed by atoms with Crippen molar-refractivity contribution in [1.29, 1.82) is 0 Å². The second-order valence-corrected chi connectivity index (χ2v) is 4.75. The van der Waals surface area contributed by atoms with Gasteiger partial charge in [-0.1, -0.05) is 24.3 Å². The Morgan fingerprint density at radius 1 is 1.16 bits per heavy atom. The molecule has 1 unspecified atom stereocenters. The Kier molecular flexibility index (Phi) is 3.05. The topological polar surface area (TPSA) is 54.7 Å². The highest BCUT2D eigenvalue weighted by Crippen LogP contribution is 2.29. The van der Waals surface area contributed by atoms with Crippen LogP contribution in [0.3, 0.4) is 0 Å². The zero-order valence-electron chi connectivity index (χ0n) is 10.9. The van der Waals surface area contributed by atoms with Crippen LogP contribution >= 0.6 is 0 Å². The number of aromatic amines is 1. The molecule has 3 N–H and O–H groups in total. The molecule has 0 saturated carbocycles. The third-order valence-electron chi connectivity index (χ3n) is 3.63. The van der Waals surface area contributed by atoms with E-state index in [4.69, 9.17) is 5.73 Å². The van der Waals surface area contributed by atoms with Crippen molar-refractivity contribution in [3.63, 3.8) is 0 Å². The third-order valence-corrected chi connectivity index (χ3v) is 3.63. The van der Waals surface area contributed by atoms with Crippen molar-refractivity contribution in [3.8, 4) is 0 Å². The minimum atomic E-state index is 0.119. The molecule has 0 radical (unpaired) electrons. The molecule has 1 atom stereocenters. The quantitative estimate of drug-likeness (QED) is 0.752. The first-order valence-electron chi connectivity index (χ1n) is 6.49. The lowest BCUT2D eigenvalue weighted by Gasteiger charge is -2.14. The summed E-state index contributed by atoms with van der Waals surface area (Å²) in [6.45, 7) is 2.68. The maximum atomic E-state index is 5.97. The Morgan fingerprint density at radius 3 is 2.63 bits per heavy atom. The number of para-hydroxylation sites is 1. The minimum absolute atomic E-state index is 0.119. The number of H-pyrrole nitrogens is 1. The Bertz CT molecular complexity index is 686. The summed E-state index contributed by atoms with van der Waals surface area (Å²) in [6.07, 6.45) is 1.82. The first-order chi connectivity index (χ1) is 9.31. The number of benzene rings is 1. The number of hydrogen-bond donors (Lipinski definition) is 2. The van der Waals surface area contributed by atoms with Gasteiger partial charge >= 0.3 is 0 Å². The second-order valence-electron chi connectivity index (χ2n) is 4.75. The summed E-state index contributed by atoms with van der Waals surface area (Å²) in [5.41, 5.74) is 10.6. The summed E-state index contributed by atoms with van der Waals surface area (Å²) in [5.74, 6) is 0.119. The highest BCUT2D eigenvalue weighted by molar-refractivity contribution is 5.84. The Labute approximate surface area is 112 Å². The van der Waals surface area contributed by atoms with E-state index >= 15 is 0 Å². The molecule has 2 aromatic heterocycles. The van der Waals surface area contributed by atoms with Gasteiger partial charge in [-0.2, -0.15) is 0 Å². The Morgan fingerprint density at radius 2 is 1.95 bits per heavy atom. The first kappa shape index (κ1) is 11.9. The van der Waals surface area contributed by atoms with E-state index in [0.717, 1.165) is 11.2 Å². The molecule has 0 aliphatic rings. The average molecular weight is 251 g/mol. The number of nitrogens with one attached hydrogen (secondary N) is 1. The van der Waals surface area contributed by atoms with Crippen LogP contribution in [0.15, 0.2) is 48.7 Å². The van der Waals surface area contributed by atoms with E-state index in [1.807, 2.05) is 30.5 Å². The molecular formula is C16H17N3. The summed E-state index contributed by atoms with van der Waals surface area (Å²) in [6, 6.07) is 14.3. The first-order valence-corrected chi connectivity index (χ1v) is 6.49. The van der Waals surface area contributed by atoms with Crippen LogP contribution in [0, 0.1) is 6.92 Å². The maximum absolute atomic E-state index is 5.97. The zero-order valence-corrected chi connectivity index (χ0v) is 10.9. The van der Waals surface area contributed by atoms with Crippen LogP contribution < -0.4 is 5.73 Å². The van der Waals surface area contributed by atoms with Gasteiger partial charge in [0.1, 0.15) is 0 Å². The van der Waals surface area contributed by atoms with Crippen LogP contribution in [0.25, 0.3) is 10.9 Å². The van der Waals surface area contributed by atoms with Crippen LogP contribution in [0.1, 0.15) is 22.9 Å². The van der Waals surface area contributed by atoms with Gasteiger partial charge in [0.25, 0.3) is 0 Å². The van der Waals surface area contributed by atoms with Gasteiger partial charge in [-0.05, 0) is 30.7 Å². The third kappa shape index (κ3) is 2.02. The molecule has 0 amide bonds. The van der Waals surface area contributed by atoms with Gasteiger partial charge in [0.2, 0.25) is 0 Å². The largest absolute Gasteiger partial charge is 0.358 e. The normalized spacial score (nSPS) is 12.7. The molecule has 3 aromatic rings. The molecule has 1 aromatic carbocycles. The highest BCUT2D eigenvalue weighted by atomic mass is 14.8. The van der Waals surface area contributed by atoms with Gasteiger partial charge in [0.05, 0.1) is 11.6 Å². The van der Waals surface area contributed by atoms with Crippen LogP contribution in [0.4, 0.5) is 0 Å².